The van der Waals surface area contributed by atoms with Crippen LogP contribution in [0.3, 0.4) is 0 Å². The van der Waals surface area contributed by atoms with Gasteiger partial charge in [0.15, 0.2) is 0 Å². The first-order valence-corrected chi connectivity index (χ1v) is 6.41. The lowest BCUT2D eigenvalue weighted by Crippen LogP contribution is -2.47. The summed E-state index contributed by atoms with van der Waals surface area (Å²) in [6.45, 7) is 2.51. The molecule has 0 spiro atoms. The van der Waals surface area contributed by atoms with Gasteiger partial charge in [-0.25, -0.2) is 9.59 Å². The van der Waals surface area contributed by atoms with Crippen molar-refractivity contribution in [3.05, 3.63) is 0 Å². The Balaban J connectivity index is 2.25. The molecule has 1 rings (SSSR count). The Labute approximate surface area is 107 Å². The predicted molar refractivity (Wildman–Crippen MR) is 66.2 cm³/mol. The maximum absolute atomic E-state index is 11.5. The number of rotatable bonds is 6. The van der Waals surface area contributed by atoms with Crippen molar-refractivity contribution in [3.8, 4) is 0 Å². The first-order chi connectivity index (χ1) is 8.52. The Kier molecular flexibility index (Phi) is 5.91. The molecule has 1 saturated carbocycles. The smallest absolute Gasteiger partial charge is 0.326 e. The third kappa shape index (κ3) is 4.91. The van der Waals surface area contributed by atoms with Crippen molar-refractivity contribution < 1.29 is 19.8 Å². The average Bonchev–Trinajstić information content (AvgIpc) is 2.72. The van der Waals surface area contributed by atoms with Gasteiger partial charge in [-0.15, -0.1) is 0 Å². The van der Waals surface area contributed by atoms with Crippen LogP contribution in [0.25, 0.3) is 0 Å². The number of nitrogens with one attached hydrogen (secondary N) is 2. The van der Waals surface area contributed by atoms with Crippen molar-refractivity contribution in [2.75, 3.05) is 13.2 Å². The highest BCUT2D eigenvalue weighted by Crippen LogP contribution is 2.29. The average molecular weight is 258 g/mol. The number of carboxylic acid groups (broad SMARTS) is 1. The standard InChI is InChI=1S/C12H22N2O4/c1-8-2-3-9(6-8)7-13-12(18)14-10(4-5-15)11(16)17/h8-10,15H,2-7H2,1H3,(H,16,17)(H2,13,14,18). The van der Waals surface area contributed by atoms with Crippen molar-refractivity contribution in [2.45, 2.75) is 38.6 Å². The van der Waals surface area contributed by atoms with E-state index in [0.29, 0.717) is 18.4 Å². The van der Waals surface area contributed by atoms with Crippen LogP contribution in [0.5, 0.6) is 0 Å². The van der Waals surface area contributed by atoms with E-state index in [2.05, 4.69) is 17.6 Å². The lowest BCUT2D eigenvalue weighted by atomic mass is 10.1. The van der Waals surface area contributed by atoms with E-state index >= 15 is 0 Å². The fraction of sp³-hybridized carbons (Fsp3) is 0.833. The molecule has 0 bridgehead atoms. The molecule has 6 heteroatoms. The van der Waals surface area contributed by atoms with Gasteiger partial charge in [-0.05, 0) is 24.7 Å². The van der Waals surface area contributed by atoms with Crippen molar-refractivity contribution in [1.82, 2.24) is 10.6 Å². The van der Waals surface area contributed by atoms with Crippen LogP contribution in [0.1, 0.15) is 32.6 Å². The molecule has 1 fully saturated rings. The Bertz CT molecular complexity index is 296. The molecule has 0 radical (unpaired) electrons. The predicted octanol–water partition coefficient (Wildman–Crippen LogP) is 0.557. The van der Waals surface area contributed by atoms with E-state index in [-0.39, 0.29) is 13.0 Å². The molecule has 4 N–H and O–H groups in total. The monoisotopic (exact) mass is 258 g/mol. The second-order valence-corrected chi connectivity index (χ2v) is 5.04. The van der Waals surface area contributed by atoms with Gasteiger partial charge < -0.3 is 20.8 Å². The molecule has 18 heavy (non-hydrogen) atoms. The van der Waals surface area contributed by atoms with E-state index in [1.807, 2.05) is 0 Å². The fourth-order valence-corrected chi connectivity index (χ4v) is 2.34. The van der Waals surface area contributed by atoms with Crippen LogP contribution in [0.2, 0.25) is 0 Å². The Morgan fingerprint density at radius 3 is 2.61 bits per heavy atom. The number of urea groups is 1. The van der Waals surface area contributed by atoms with Gasteiger partial charge in [-0.2, -0.15) is 0 Å². The van der Waals surface area contributed by atoms with Crippen molar-refractivity contribution in [1.29, 1.82) is 0 Å². The summed E-state index contributed by atoms with van der Waals surface area (Å²) in [6.07, 6.45) is 3.43. The molecule has 2 amide bonds. The minimum absolute atomic E-state index is 0.0171. The van der Waals surface area contributed by atoms with Crippen molar-refractivity contribution >= 4 is 12.0 Å². The fourth-order valence-electron chi connectivity index (χ4n) is 2.34. The molecule has 0 aromatic heterocycles. The summed E-state index contributed by atoms with van der Waals surface area (Å²) in [4.78, 5) is 22.3. The highest BCUT2D eigenvalue weighted by molar-refractivity contribution is 5.82. The van der Waals surface area contributed by atoms with Crippen LogP contribution in [-0.2, 0) is 4.79 Å². The molecule has 3 unspecified atom stereocenters. The van der Waals surface area contributed by atoms with Crippen LogP contribution in [0.4, 0.5) is 4.79 Å². The number of aliphatic hydroxyl groups excluding tert-OH is 1. The summed E-state index contributed by atoms with van der Waals surface area (Å²) in [7, 11) is 0. The maximum Gasteiger partial charge on any atom is 0.326 e. The second kappa shape index (κ2) is 7.20. The molecule has 6 nitrogen and oxygen atoms in total. The number of carboxylic acids is 1. The van der Waals surface area contributed by atoms with Crippen molar-refractivity contribution in [2.24, 2.45) is 11.8 Å². The van der Waals surface area contributed by atoms with Gasteiger partial charge in [-0.3, -0.25) is 0 Å². The zero-order valence-electron chi connectivity index (χ0n) is 10.7. The third-order valence-electron chi connectivity index (χ3n) is 3.38. The molecule has 0 heterocycles. The summed E-state index contributed by atoms with van der Waals surface area (Å²) < 4.78 is 0. The van der Waals surface area contributed by atoms with Crippen molar-refractivity contribution in [3.63, 3.8) is 0 Å². The van der Waals surface area contributed by atoms with Gasteiger partial charge in [-0.1, -0.05) is 13.3 Å². The number of carbonyl (C=O) groups is 2. The lowest BCUT2D eigenvalue weighted by molar-refractivity contribution is -0.139. The molecular formula is C12H22N2O4. The normalized spacial score (nSPS) is 24.6. The SMILES string of the molecule is CC1CCC(CNC(=O)NC(CCO)C(=O)O)C1. The lowest BCUT2D eigenvalue weighted by Gasteiger charge is -2.16. The summed E-state index contributed by atoms with van der Waals surface area (Å²) in [5.41, 5.74) is 0. The van der Waals surface area contributed by atoms with Crippen LogP contribution < -0.4 is 10.6 Å². The number of carbonyl (C=O) groups excluding carboxylic acids is 1. The van der Waals surface area contributed by atoms with Crippen LogP contribution in [-0.4, -0.2) is 41.4 Å². The molecule has 1 aliphatic carbocycles. The number of hydrogen-bond acceptors (Lipinski definition) is 3. The van der Waals surface area contributed by atoms with Gasteiger partial charge in [0.05, 0.1) is 0 Å². The van der Waals surface area contributed by atoms with E-state index < -0.39 is 18.0 Å². The van der Waals surface area contributed by atoms with E-state index in [1.165, 1.54) is 6.42 Å². The van der Waals surface area contributed by atoms with Gasteiger partial charge in [0.25, 0.3) is 0 Å². The molecule has 0 aromatic rings. The zero-order valence-corrected chi connectivity index (χ0v) is 10.7. The van der Waals surface area contributed by atoms with E-state index in [1.54, 1.807) is 0 Å². The van der Waals surface area contributed by atoms with E-state index in [4.69, 9.17) is 10.2 Å². The third-order valence-corrected chi connectivity index (χ3v) is 3.38. The minimum Gasteiger partial charge on any atom is -0.480 e. The number of aliphatic hydroxyl groups is 1. The highest BCUT2D eigenvalue weighted by atomic mass is 16.4. The first-order valence-electron chi connectivity index (χ1n) is 6.41. The zero-order chi connectivity index (χ0) is 13.5. The van der Waals surface area contributed by atoms with Gasteiger partial charge in [0.2, 0.25) is 0 Å². The maximum atomic E-state index is 11.5. The molecule has 1 aliphatic rings. The molecule has 104 valence electrons. The largest absolute Gasteiger partial charge is 0.480 e. The summed E-state index contributed by atoms with van der Waals surface area (Å²) >= 11 is 0. The molecule has 0 aromatic carbocycles. The van der Waals surface area contributed by atoms with E-state index in [0.717, 1.165) is 12.8 Å². The number of aliphatic carboxylic acids is 1. The molecule has 3 atom stereocenters. The quantitative estimate of drug-likeness (QED) is 0.559. The molecular weight excluding hydrogens is 236 g/mol. The Hall–Kier alpha value is -1.30. The van der Waals surface area contributed by atoms with Crippen LogP contribution in [0, 0.1) is 11.8 Å². The minimum atomic E-state index is -1.13. The topological polar surface area (TPSA) is 98.7 Å². The summed E-state index contributed by atoms with van der Waals surface area (Å²) in [5.74, 6) is 0.0709. The Morgan fingerprint density at radius 2 is 2.11 bits per heavy atom. The van der Waals surface area contributed by atoms with E-state index in [9.17, 15) is 9.59 Å². The van der Waals surface area contributed by atoms with Gasteiger partial charge >= 0.3 is 12.0 Å². The number of hydrogen-bond donors (Lipinski definition) is 4. The number of amides is 2. The van der Waals surface area contributed by atoms with Crippen LogP contribution in [0.15, 0.2) is 0 Å². The molecule has 0 aliphatic heterocycles. The van der Waals surface area contributed by atoms with Crippen LogP contribution >= 0.6 is 0 Å². The summed E-state index contributed by atoms with van der Waals surface area (Å²) in [5, 5.41) is 22.5. The summed E-state index contributed by atoms with van der Waals surface area (Å²) in [6, 6.07) is -1.51. The Morgan fingerprint density at radius 1 is 1.39 bits per heavy atom. The highest BCUT2D eigenvalue weighted by Gasteiger charge is 2.23. The molecule has 0 saturated heterocycles. The first kappa shape index (κ1) is 14.8. The second-order valence-electron chi connectivity index (χ2n) is 5.04. The van der Waals surface area contributed by atoms with Gasteiger partial charge in [0.1, 0.15) is 6.04 Å². The van der Waals surface area contributed by atoms with Gasteiger partial charge in [0, 0.05) is 19.6 Å².